The second-order valence-electron chi connectivity index (χ2n) is 10.7. The molecule has 0 amide bonds. The third-order valence-corrected chi connectivity index (χ3v) is 8.73. The van der Waals surface area contributed by atoms with Crippen LogP contribution >= 0.6 is 7.75 Å². The van der Waals surface area contributed by atoms with E-state index in [2.05, 4.69) is 5.09 Å². The molecule has 0 aliphatic carbocycles. The topological polar surface area (TPSA) is 158 Å². The first-order chi connectivity index (χ1) is 22.9. The lowest BCUT2D eigenvalue weighted by atomic mass is 9.98. The number of nitrogens with zero attached hydrogens (tertiary/aromatic N) is 1. The molecule has 4 aromatic rings. The van der Waals surface area contributed by atoms with Gasteiger partial charge in [-0.25, -0.2) is 13.8 Å². The summed E-state index contributed by atoms with van der Waals surface area (Å²) in [6, 6.07) is 23.5. The number of rotatable bonds is 13. The fraction of sp³-hybridized carbons (Fsp3) is 0.281. The van der Waals surface area contributed by atoms with Crippen LogP contribution in [0.1, 0.15) is 27.0 Å². The molecule has 3 N–H and O–H groups in total. The summed E-state index contributed by atoms with van der Waals surface area (Å²) in [7, 11) is -4.58. The third kappa shape index (κ3) is 8.06. The zero-order chi connectivity index (χ0) is 34.5. The Morgan fingerprint density at radius 1 is 1.09 bits per heavy atom. The van der Waals surface area contributed by atoms with E-state index in [0.717, 1.165) is 12.5 Å². The largest absolute Gasteiger partial charge is 0.460 e. The van der Waals surface area contributed by atoms with Gasteiger partial charge in [0.2, 0.25) is 0 Å². The van der Waals surface area contributed by atoms with Crippen molar-refractivity contribution in [2.24, 2.45) is 0 Å². The normalized spacial score (nSPS) is 23.5. The van der Waals surface area contributed by atoms with Crippen molar-refractivity contribution in [2.45, 2.75) is 50.1 Å². The molecule has 46 heavy (non-hydrogen) atoms. The van der Waals surface area contributed by atoms with Gasteiger partial charge in [-0.05, 0) is 36.6 Å². The van der Waals surface area contributed by atoms with Gasteiger partial charge in [0.05, 0.1) is 9.35 Å². The molecule has 0 bridgehead atoms. The number of carbonyl (C=O) groups excluding carboxylic acids is 1. The maximum atomic E-state index is 15.9. The highest BCUT2D eigenvalue weighted by molar-refractivity contribution is 7.52. The van der Waals surface area contributed by atoms with Crippen LogP contribution in [-0.4, -0.2) is 51.2 Å². The summed E-state index contributed by atoms with van der Waals surface area (Å²) in [5.74, 6) is -0.685. The molecule has 0 saturated carbocycles. The van der Waals surface area contributed by atoms with E-state index >= 15 is 4.39 Å². The Bertz CT molecular complexity index is 1880. The van der Waals surface area contributed by atoms with Crippen LogP contribution in [0.15, 0.2) is 113 Å². The molecule has 0 radical (unpaired) electrons. The van der Waals surface area contributed by atoms with Crippen molar-refractivity contribution in [1.29, 1.82) is 0 Å². The van der Waals surface area contributed by atoms with Gasteiger partial charge in [-0.1, -0.05) is 78.9 Å². The third-order valence-electron chi connectivity index (χ3n) is 7.16. The summed E-state index contributed by atoms with van der Waals surface area (Å²) in [5.41, 5.74) is -3.73. The minimum atomic E-state index is -4.58. The van der Waals surface area contributed by atoms with Gasteiger partial charge in [0.1, 0.15) is 30.6 Å². The number of benzene rings is 3. The van der Waals surface area contributed by atoms with Gasteiger partial charge >= 0.3 is 19.4 Å². The number of para-hydroxylation sites is 1. The number of aliphatic hydroxyl groups is 1. The quantitative estimate of drug-likeness (QED) is 0.143. The second kappa shape index (κ2) is 14.4. The van der Waals surface area contributed by atoms with Gasteiger partial charge in [-0.3, -0.25) is 23.7 Å². The highest BCUT2D eigenvalue weighted by Crippen LogP contribution is 2.47. The molecule has 1 aromatic heterocycles. The predicted octanol–water partition coefficient (Wildman–Crippen LogP) is 3.67. The second-order valence-corrected chi connectivity index (χ2v) is 12.3. The Hall–Kier alpha value is -4.39. The molecule has 1 aliphatic heterocycles. The summed E-state index contributed by atoms with van der Waals surface area (Å²) in [6.45, 7) is 0.0442. The van der Waals surface area contributed by atoms with Crippen molar-refractivity contribution >= 4 is 13.7 Å². The lowest BCUT2D eigenvalue weighted by Gasteiger charge is -2.26. The summed E-state index contributed by atoms with van der Waals surface area (Å²) >= 11 is 0. The molecule has 1 saturated heterocycles. The molecule has 242 valence electrons. The number of halogens is 1. The minimum Gasteiger partial charge on any atom is -0.460 e. The highest BCUT2D eigenvalue weighted by Gasteiger charge is 2.56. The number of hydrogen-bond donors (Lipinski definition) is 3. The average molecular weight is 656 g/mol. The first-order valence-electron chi connectivity index (χ1n) is 15.2. The van der Waals surface area contributed by atoms with Gasteiger partial charge in [0.25, 0.3) is 5.56 Å². The van der Waals surface area contributed by atoms with Gasteiger partial charge < -0.3 is 19.1 Å². The lowest BCUT2D eigenvalue weighted by Crippen LogP contribution is -2.44. The molecule has 1 aliphatic rings. The molecule has 0 spiro atoms. The predicted molar refractivity (Wildman–Crippen MR) is 165 cm³/mol. The summed E-state index contributed by atoms with van der Waals surface area (Å²) in [4.78, 5) is 39.6. The van der Waals surface area contributed by atoms with Crippen LogP contribution in [0.5, 0.6) is 5.75 Å². The van der Waals surface area contributed by atoms with E-state index in [1.165, 1.54) is 12.1 Å². The molecule has 5 rings (SSSR count). The van der Waals surface area contributed by atoms with Gasteiger partial charge in [-0.2, -0.15) is 5.09 Å². The van der Waals surface area contributed by atoms with Crippen LogP contribution in [0.4, 0.5) is 4.39 Å². The van der Waals surface area contributed by atoms with Gasteiger partial charge in [0.15, 0.2) is 11.9 Å². The van der Waals surface area contributed by atoms with Crippen molar-refractivity contribution in [3.05, 3.63) is 135 Å². The lowest BCUT2D eigenvalue weighted by molar-refractivity contribution is -0.147. The number of aliphatic hydroxyl groups excluding tert-OH is 1. The van der Waals surface area contributed by atoms with Crippen molar-refractivity contribution in [1.82, 2.24) is 14.6 Å². The van der Waals surface area contributed by atoms with E-state index in [1.807, 2.05) is 11.1 Å². The summed E-state index contributed by atoms with van der Waals surface area (Å²) in [6.07, 6.45) is -6.50. The first kappa shape index (κ1) is 30.3. The SMILES string of the molecule is [2H]c1c([2H])n([C@@H]2O[C@H](COP(=O)(NC(Cc3ccccc3)C(=O)OCc3ccccc3)Oc3ccccc3)[C@@H](O)[C@@]2(C)F)c(=O)[nH]c1=O. The monoisotopic (exact) mass is 655 g/mol. The fourth-order valence-electron chi connectivity index (χ4n) is 4.78. The molecule has 1 fully saturated rings. The summed E-state index contributed by atoms with van der Waals surface area (Å²) < 4.78 is 69.1. The maximum Gasteiger partial charge on any atom is 0.459 e. The zero-order valence-corrected chi connectivity index (χ0v) is 25.5. The molecule has 2 heterocycles. The number of nitrogens with one attached hydrogen (secondary N) is 2. The van der Waals surface area contributed by atoms with Crippen LogP contribution in [0.3, 0.4) is 0 Å². The Morgan fingerprint density at radius 2 is 1.70 bits per heavy atom. The van der Waals surface area contributed by atoms with Crippen LogP contribution in [-0.2, 0) is 36.4 Å². The van der Waals surface area contributed by atoms with Crippen molar-refractivity contribution < 1.29 is 40.1 Å². The molecular weight excluding hydrogens is 620 g/mol. The van der Waals surface area contributed by atoms with E-state index in [0.29, 0.717) is 10.1 Å². The van der Waals surface area contributed by atoms with Crippen LogP contribution in [0.25, 0.3) is 0 Å². The Labute approximate surface area is 266 Å². The van der Waals surface area contributed by atoms with Crippen LogP contribution in [0.2, 0.25) is 0 Å². The maximum absolute atomic E-state index is 15.9. The number of ether oxygens (including phenoxy) is 2. The number of alkyl halides is 1. The number of aromatic nitrogens is 2. The van der Waals surface area contributed by atoms with E-state index in [1.54, 1.807) is 72.8 Å². The summed E-state index contributed by atoms with van der Waals surface area (Å²) in [5, 5.41) is 13.5. The minimum absolute atomic E-state index is 0.00397. The Balaban J connectivity index is 1.41. The van der Waals surface area contributed by atoms with Crippen LogP contribution in [0, 0.1) is 0 Å². The van der Waals surface area contributed by atoms with Crippen molar-refractivity contribution in [3.8, 4) is 5.75 Å². The highest BCUT2D eigenvalue weighted by atomic mass is 31.2. The molecule has 3 aromatic carbocycles. The Morgan fingerprint density at radius 3 is 2.35 bits per heavy atom. The van der Waals surface area contributed by atoms with Gasteiger partial charge in [0, 0.05) is 12.2 Å². The molecule has 2 unspecified atom stereocenters. The number of esters is 1. The van der Waals surface area contributed by atoms with Crippen molar-refractivity contribution in [2.75, 3.05) is 6.61 Å². The van der Waals surface area contributed by atoms with Crippen molar-refractivity contribution in [3.63, 3.8) is 0 Å². The Kier molecular flexibility index (Phi) is 9.45. The average Bonchev–Trinajstić information content (AvgIpc) is 3.30. The number of aromatic amines is 1. The van der Waals surface area contributed by atoms with Crippen LogP contribution < -0.4 is 20.9 Å². The number of carbonyl (C=O) groups is 1. The fourth-order valence-corrected chi connectivity index (χ4v) is 6.28. The molecule has 12 nitrogen and oxygen atoms in total. The first-order valence-corrected chi connectivity index (χ1v) is 15.8. The standard InChI is InChI=1S/C32H33FN3O9P/c1-32(33)28(38)26(44-30(32)36-18-17-27(37)34-31(36)40)21-43-46(41,45-24-15-9-4-10-16-24)35-25(19-22-11-5-2-6-12-22)29(39)42-20-23-13-7-3-8-14-23/h2-18,25-26,28,30,38H,19-21H2,1H3,(H,35,41)(H,34,37,40)/t25?,26-,28-,30-,32-,46?/m1/s1/i17D,18D. The van der Waals surface area contributed by atoms with E-state index in [-0.39, 0.29) is 18.8 Å². The smallest absolute Gasteiger partial charge is 0.459 e. The number of H-pyrrole nitrogens is 1. The molecule has 14 heteroatoms. The van der Waals surface area contributed by atoms with Gasteiger partial charge in [-0.15, -0.1) is 0 Å². The molecular formula is C32H33FN3O9P. The molecule has 6 atom stereocenters. The van der Waals surface area contributed by atoms with E-state index in [9.17, 15) is 24.1 Å². The zero-order valence-electron chi connectivity index (χ0n) is 26.6. The van der Waals surface area contributed by atoms with E-state index < -0.39 is 73.9 Å². The van der Waals surface area contributed by atoms with E-state index in [4.69, 9.17) is 21.3 Å². The number of hydrogen-bond acceptors (Lipinski definition) is 9.